The van der Waals surface area contributed by atoms with E-state index in [1.165, 1.54) is 44.5 Å². The molecule has 0 amide bonds. The molecular weight excluding hydrogens is 396 g/mol. The predicted octanol–water partition coefficient (Wildman–Crippen LogP) is 6.68. The van der Waals surface area contributed by atoms with E-state index in [2.05, 4.69) is 60.7 Å². The number of ether oxygens (including phenoxy) is 2. The highest BCUT2D eigenvalue weighted by Gasteiger charge is 2.22. The van der Waals surface area contributed by atoms with Crippen LogP contribution in [0.4, 0.5) is 4.79 Å². The Morgan fingerprint density at radius 1 is 0.562 bits per heavy atom. The summed E-state index contributed by atoms with van der Waals surface area (Å²) < 4.78 is 11.0. The van der Waals surface area contributed by atoms with E-state index in [-0.39, 0.29) is 13.2 Å². The molecule has 0 radical (unpaired) electrons. The molecule has 0 N–H and O–H groups in total. The van der Waals surface area contributed by atoms with Gasteiger partial charge in [-0.25, -0.2) is 4.79 Å². The van der Waals surface area contributed by atoms with Crippen molar-refractivity contribution in [2.24, 2.45) is 0 Å². The van der Waals surface area contributed by atoms with Crippen LogP contribution < -0.4 is 0 Å². The third-order valence-electron chi connectivity index (χ3n) is 6.59. The number of fused-ring (bicyclic) bond motifs is 6. The second-order valence-electron chi connectivity index (χ2n) is 8.38. The van der Waals surface area contributed by atoms with Gasteiger partial charge in [-0.3, -0.25) is 0 Å². The van der Waals surface area contributed by atoms with Crippen LogP contribution in [0.25, 0.3) is 22.3 Å². The van der Waals surface area contributed by atoms with Gasteiger partial charge in [0.1, 0.15) is 13.2 Å². The summed E-state index contributed by atoms with van der Waals surface area (Å²) in [5.41, 5.74) is 12.2. The summed E-state index contributed by atoms with van der Waals surface area (Å²) in [7, 11) is 0. The van der Waals surface area contributed by atoms with Gasteiger partial charge in [0.05, 0.1) is 0 Å². The minimum atomic E-state index is -0.633. The summed E-state index contributed by atoms with van der Waals surface area (Å²) in [6.45, 7) is 0.433. The van der Waals surface area contributed by atoms with Crippen LogP contribution in [0.15, 0.2) is 84.9 Å². The van der Waals surface area contributed by atoms with Crippen molar-refractivity contribution in [1.29, 1.82) is 0 Å². The van der Waals surface area contributed by atoms with Gasteiger partial charge in [0, 0.05) is 0 Å². The molecule has 2 aliphatic rings. The van der Waals surface area contributed by atoms with E-state index in [1.54, 1.807) is 0 Å². The van der Waals surface area contributed by atoms with Crippen LogP contribution >= 0.6 is 0 Å². The molecule has 0 spiro atoms. The maximum atomic E-state index is 12.4. The van der Waals surface area contributed by atoms with Gasteiger partial charge < -0.3 is 9.47 Å². The van der Waals surface area contributed by atoms with Gasteiger partial charge in [0.25, 0.3) is 0 Å². The molecular formula is C29H22O3. The summed E-state index contributed by atoms with van der Waals surface area (Å²) in [5.74, 6) is 0. The lowest BCUT2D eigenvalue weighted by atomic mass is 10.0. The van der Waals surface area contributed by atoms with Crippen molar-refractivity contribution in [2.75, 3.05) is 0 Å². The first-order valence-electron chi connectivity index (χ1n) is 11.0. The van der Waals surface area contributed by atoms with E-state index in [1.807, 2.05) is 24.3 Å². The molecule has 156 valence electrons. The van der Waals surface area contributed by atoms with Gasteiger partial charge in [-0.15, -0.1) is 0 Å². The molecule has 32 heavy (non-hydrogen) atoms. The lowest BCUT2D eigenvalue weighted by Crippen LogP contribution is -2.09. The van der Waals surface area contributed by atoms with Gasteiger partial charge in [-0.1, -0.05) is 84.9 Å². The van der Waals surface area contributed by atoms with E-state index < -0.39 is 6.16 Å². The molecule has 0 bridgehead atoms. The Kier molecular flexibility index (Phi) is 4.53. The lowest BCUT2D eigenvalue weighted by Gasteiger charge is -2.11. The predicted molar refractivity (Wildman–Crippen MR) is 124 cm³/mol. The summed E-state index contributed by atoms with van der Waals surface area (Å²) in [4.78, 5) is 12.4. The van der Waals surface area contributed by atoms with Crippen LogP contribution in [0.2, 0.25) is 0 Å². The van der Waals surface area contributed by atoms with Crippen molar-refractivity contribution in [1.82, 2.24) is 0 Å². The minimum Gasteiger partial charge on any atom is -0.429 e. The second-order valence-corrected chi connectivity index (χ2v) is 8.38. The first kappa shape index (κ1) is 18.9. The number of carbonyl (C=O) groups excluding carboxylic acids is 1. The smallest absolute Gasteiger partial charge is 0.429 e. The Morgan fingerprint density at radius 2 is 1.00 bits per heavy atom. The monoisotopic (exact) mass is 418 g/mol. The first-order valence-corrected chi connectivity index (χ1v) is 11.0. The Bertz CT molecular complexity index is 1250. The highest BCUT2D eigenvalue weighted by atomic mass is 16.7. The maximum absolute atomic E-state index is 12.4. The van der Waals surface area contributed by atoms with Gasteiger partial charge in [0.15, 0.2) is 0 Å². The third-order valence-corrected chi connectivity index (χ3v) is 6.59. The topological polar surface area (TPSA) is 35.5 Å². The standard InChI is InChI=1S/C29H22O3/c30-29(31-17-21-9-5-13-25-23-11-3-1-7-19(23)15-27(21)25)32-18-22-10-6-14-26-24-12-4-2-8-20(24)16-28(22)26/h1-14H,15-18H2. The Labute approximate surface area is 187 Å². The number of rotatable bonds is 4. The highest BCUT2D eigenvalue weighted by molar-refractivity contribution is 5.79. The molecule has 3 heteroatoms. The fourth-order valence-electron chi connectivity index (χ4n) is 5.03. The van der Waals surface area contributed by atoms with E-state index in [9.17, 15) is 4.79 Å². The quantitative estimate of drug-likeness (QED) is 0.300. The lowest BCUT2D eigenvalue weighted by molar-refractivity contribution is 0.0444. The summed E-state index contributed by atoms with van der Waals surface area (Å²) in [6, 6.07) is 29.2. The van der Waals surface area contributed by atoms with Crippen LogP contribution in [0.5, 0.6) is 0 Å². The van der Waals surface area contributed by atoms with Gasteiger partial charge in [0.2, 0.25) is 0 Å². The zero-order valence-corrected chi connectivity index (χ0v) is 17.6. The van der Waals surface area contributed by atoms with Crippen molar-refractivity contribution < 1.29 is 14.3 Å². The fourth-order valence-corrected chi connectivity index (χ4v) is 5.03. The van der Waals surface area contributed by atoms with E-state index in [4.69, 9.17) is 9.47 Å². The molecule has 0 fully saturated rings. The average molecular weight is 418 g/mol. The van der Waals surface area contributed by atoms with E-state index >= 15 is 0 Å². The van der Waals surface area contributed by atoms with Crippen molar-refractivity contribution in [3.8, 4) is 22.3 Å². The minimum absolute atomic E-state index is 0.217. The molecule has 2 aliphatic carbocycles. The van der Waals surface area contributed by atoms with Crippen LogP contribution in [0.1, 0.15) is 33.4 Å². The molecule has 0 aliphatic heterocycles. The molecule has 4 aromatic rings. The van der Waals surface area contributed by atoms with Crippen molar-refractivity contribution in [3.05, 3.63) is 118 Å². The average Bonchev–Trinajstić information content (AvgIpc) is 3.40. The Hall–Kier alpha value is -3.85. The summed E-state index contributed by atoms with van der Waals surface area (Å²) in [5, 5.41) is 0. The third kappa shape index (κ3) is 3.18. The van der Waals surface area contributed by atoms with Crippen LogP contribution in [0.3, 0.4) is 0 Å². The Balaban J connectivity index is 1.12. The molecule has 0 atom stereocenters. The van der Waals surface area contributed by atoms with Crippen LogP contribution in [-0.4, -0.2) is 6.16 Å². The normalized spacial score (nSPS) is 12.5. The molecule has 0 unspecified atom stereocenters. The molecule has 3 nitrogen and oxygen atoms in total. The summed E-state index contributed by atoms with van der Waals surface area (Å²) in [6.07, 6.45) is 1.11. The van der Waals surface area contributed by atoms with Crippen molar-refractivity contribution >= 4 is 6.16 Å². The van der Waals surface area contributed by atoms with Gasteiger partial charge in [-0.05, 0) is 68.5 Å². The van der Waals surface area contributed by atoms with Gasteiger partial charge in [-0.2, -0.15) is 0 Å². The maximum Gasteiger partial charge on any atom is 0.508 e. The number of carbonyl (C=O) groups is 1. The zero-order chi connectivity index (χ0) is 21.5. The van der Waals surface area contributed by atoms with E-state index in [0.717, 1.165) is 24.0 Å². The van der Waals surface area contributed by atoms with Crippen LogP contribution in [-0.2, 0) is 35.5 Å². The molecule has 0 saturated carbocycles. The van der Waals surface area contributed by atoms with Crippen molar-refractivity contribution in [3.63, 3.8) is 0 Å². The van der Waals surface area contributed by atoms with E-state index in [0.29, 0.717) is 0 Å². The molecule has 4 aromatic carbocycles. The Morgan fingerprint density at radius 3 is 1.50 bits per heavy atom. The fraction of sp³-hybridized carbons (Fsp3) is 0.138. The molecule has 0 saturated heterocycles. The zero-order valence-electron chi connectivity index (χ0n) is 17.6. The number of hydrogen-bond acceptors (Lipinski definition) is 3. The summed E-state index contributed by atoms with van der Waals surface area (Å²) >= 11 is 0. The molecule has 0 heterocycles. The largest absolute Gasteiger partial charge is 0.508 e. The number of hydrogen-bond donors (Lipinski definition) is 0. The second kappa shape index (κ2) is 7.69. The SMILES string of the molecule is O=C(OCc1cccc2c1Cc1ccccc1-2)OCc1cccc2c1Cc1ccccc1-2. The van der Waals surface area contributed by atoms with Gasteiger partial charge >= 0.3 is 6.16 Å². The molecule has 0 aromatic heterocycles. The first-order chi connectivity index (χ1) is 15.8. The molecule has 6 rings (SSSR count). The highest BCUT2D eigenvalue weighted by Crippen LogP contribution is 2.39. The van der Waals surface area contributed by atoms with Crippen LogP contribution in [0, 0.1) is 0 Å². The van der Waals surface area contributed by atoms with Crippen molar-refractivity contribution in [2.45, 2.75) is 26.1 Å². The number of benzene rings is 4.